The van der Waals surface area contributed by atoms with E-state index in [-0.39, 0.29) is 5.56 Å². The van der Waals surface area contributed by atoms with Crippen LogP contribution in [0.2, 0.25) is 0 Å². The number of amides is 1. The van der Waals surface area contributed by atoms with E-state index in [1.54, 1.807) is 12.1 Å². The van der Waals surface area contributed by atoms with Crippen LogP contribution in [0.3, 0.4) is 0 Å². The first-order valence-corrected chi connectivity index (χ1v) is 5.67. The second-order valence-electron chi connectivity index (χ2n) is 4.20. The van der Waals surface area contributed by atoms with Gasteiger partial charge in [0.2, 0.25) is 0 Å². The summed E-state index contributed by atoms with van der Waals surface area (Å²) in [5.41, 5.74) is 2.19. The van der Waals surface area contributed by atoms with Crippen molar-refractivity contribution in [2.24, 2.45) is 0 Å². The van der Waals surface area contributed by atoms with Crippen molar-refractivity contribution in [1.82, 2.24) is 5.32 Å². The number of carbonyl (C=O) groups excluding carboxylic acids is 1. The largest absolute Gasteiger partial charge is 0.405 e. The molecule has 0 spiro atoms. The first-order chi connectivity index (χ1) is 8.46. The third-order valence-electron chi connectivity index (χ3n) is 2.76. The lowest BCUT2D eigenvalue weighted by atomic mass is 10.0. The Kier molecular flexibility index (Phi) is 3.45. The summed E-state index contributed by atoms with van der Waals surface area (Å²) >= 11 is 0. The molecular formula is C12H13F3N2O. The van der Waals surface area contributed by atoms with Gasteiger partial charge in [0.15, 0.2) is 0 Å². The molecule has 1 aromatic rings. The molecule has 0 aromatic heterocycles. The summed E-state index contributed by atoms with van der Waals surface area (Å²) < 4.78 is 35.9. The summed E-state index contributed by atoms with van der Waals surface area (Å²) in [7, 11) is 0. The predicted octanol–water partition coefficient (Wildman–Crippen LogP) is 2.34. The zero-order valence-corrected chi connectivity index (χ0v) is 9.60. The van der Waals surface area contributed by atoms with Gasteiger partial charge in [-0.05, 0) is 36.6 Å². The molecule has 0 aliphatic carbocycles. The Hall–Kier alpha value is -1.72. The predicted molar refractivity (Wildman–Crippen MR) is 61.6 cm³/mol. The van der Waals surface area contributed by atoms with Crippen molar-refractivity contribution in [3.8, 4) is 0 Å². The van der Waals surface area contributed by atoms with Crippen LogP contribution in [-0.2, 0) is 6.42 Å². The molecular weight excluding hydrogens is 245 g/mol. The van der Waals surface area contributed by atoms with Crippen LogP contribution in [0.1, 0.15) is 22.3 Å². The molecule has 18 heavy (non-hydrogen) atoms. The standard InChI is InChI=1S/C12H13F3N2O/c13-12(14,15)7-17-11(18)9-3-4-10-8(6-9)2-1-5-16-10/h3-4,6,16H,1-2,5,7H2,(H,17,18). The Labute approximate surface area is 102 Å². The highest BCUT2D eigenvalue weighted by molar-refractivity contribution is 5.95. The average Bonchev–Trinajstić information content (AvgIpc) is 2.34. The van der Waals surface area contributed by atoms with Crippen LogP contribution in [-0.4, -0.2) is 25.2 Å². The Morgan fingerprint density at radius 3 is 2.89 bits per heavy atom. The van der Waals surface area contributed by atoms with Crippen molar-refractivity contribution in [1.29, 1.82) is 0 Å². The van der Waals surface area contributed by atoms with E-state index in [4.69, 9.17) is 0 Å². The van der Waals surface area contributed by atoms with Crippen molar-refractivity contribution in [3.63, 3.8) is 0 Å². The molecule has 3 nitrogen and oxygen atoms in total. The zero-order chi connectivity index (χ0) is 13.2. The molecule has 2 N–H and O–H groups in total. The Morgan fingerprint density at radius 2 is 2.17 bits per heavy atom. The highest BCUT2D eigenvalue weighted by Gasteiger charge is 2.28. The fourth-order valence-electron chi connectivity index (χ4n) is 1.90. The molecule has 1 aliphatic heterocycles. The van der Waals surface area contributed by atoms with Gasteiger partial charge >= 0.3 is 6.18 Å². The molecule has 1 aliphatic rings. The molecule has 1 aromatic carbocycles. The summed E-state index contributed by atoms with van der Waals surface area (Å²) in [5, 5.41) is 5.03. The van der Waals surface area contributed by atoms with E-state index < -0.39 is 18.6 Å². The number of carbonyl (C=O) groups is 1. The van der Waals surface area contributed by atoms with Crippen LogP contribution in [0, 0.1) is 0 Å². The van der Waals surface area contributed by atoms with Gasteiger partial charge in [-0.25, -0.2) is 0 Å². The van der Waals surface area contributed by atoms with Gasteiger partial charge in [-0.15, -0.1) is 0 Å². The minimum atomic E-state index is -4.38. The lowest BCUT2D eigenvalue weighted by Crippen LogP contribution is -2.33. The maximum absolute atomic E-state index is 12.0. The lowest BCUT2D eigenvalue weighted by molar-refractivity contribution is -0.123. The fraction of sp³-hybridized carbons (Fsp3) is 0.417. The number of aryl methyl sites for hydroxylation is 1. The van der Waals surface area contributed by atoms with E-state index >= 15 is 0 Å². The van der Waals surface area contributed by atoms with Crippen LogP contribution < -0.4 is 10.6 Å². The van der Waals surface area contributed by atoms with Gasteiger partial charge in [-0.3, -0.25) is 4.79 Å². The molecule has 0 saturated heterocycles. The van der Waals surface area contributed by atoms with Crippen LogP contribution in [0.5, 0.6) is 0 Å². The highest BCUT2D eigenvalue weighted by Crippen LogP contribution is 2.23. The molecule has 0 atom stereocenters. The van der Waals surface area contributed by atoms with Gasteiger partial charge in [0.05, 0.1) is 0 Å². The first kappa shape index (κ1) is 12.7. The van der Waals surface area contributed by atoms with E-state index in [0.29, 0.717) is 0 Å². The minimum absolute atomic E-state index is 0.265. The van der Waals surface area contributed by atoms with E-state index in [2.05, 4.69) is 5.32 Å². The summed E-state index contributed by atoms with van der Waals surface area (Å²) in [5.74, 6) is -0.694. The lowest BCUT2D eigenvalue weighted by Gasteiger charge is -2.18. The normalized spacial score (nSPS) is 14.6. The Bertz CT molecular complexity index is 457. The van der Waals surface area contributed by atoms with Crippen molar-refractivity contribution in [2.75, 3.05) is 18.4 Å². The van der Waals surface area contributed by atoms with Gasteiger partial charge in [0.1, 0.15) is 6.54 Å². The number of alkyl halides is 3. The van der Waals surface area contributed by atoms with Crippen LogP contribution in [0.4, 0.5) is 18.9 Å². The fourth-order valence-corrected chi connectivity index (χ4v) is 1.90. The average molecular weight is 258 g/mol. The van der Waals surface area contributed by atoms with Crippen molar-refractivity contribution >= 4 is 11.6 Å². The molecule has 0 saturated carbocycles. The quantitative estimate of drug-likeness (QED) is 0.854. The van der Waals surface area contributed by atoms with Crippen LogP contribution in [0.15, 0.2) is 18.2 Å². The molecule has 98 valence electrons. The number of anilines is 1. The van der Waals surface area contributed by atoms with Gasteiger partial charge in [-0.2, -0.15) is 13.2 Å². The molecule has 0 radical (unpaired) electrons. The van der Waals surface area contributed by atoms with Gasteiger partial charge < -0.3 is 10.6 Å². The first-order valence-electron chi connectivity index (χ1n) is 5.67. The third kappa shape index (κ3) is 3.15. The molecule has 2 rings (SSSR count). The van der Waals surface area contributed by atoms with E-state index in [0.717, 1.165) is 30.6 Å². The monoisotopic (exact) mass is 258 g/mol. The maximum Gasteiger partial charge on any atom is 0.405 e. The molecule has 1 heterocycles. The van der Waals surface area contributed by atoms with E-state index in [1.165, 1.54) is 6.07 Å². The number of halogens is 3. The number of hydrogen-bond donors (Lipinski definition) is 2. The molecule has 0 unspecified atom stereocenters. The van der Waals surface area contributed by atoms with Crippen molar-refractivity contribution < 1.29 is 18.0 Å². The van der Waals surface area contributed by atoms with Gasteiger partial charge in [-0.1, -0.05) is 0 Å². The van der Waals surface area contributed by atoms with Crippen molar-refractivity contribution in [3.05, 3.63) is 29.3 Å². The maximum atomic E-state index is 12.0. The third-order valence-corrected chi connectivity index (χ3v) is 2.76. The number of benzene rings is 1. The van der Waals surface area contributed by atoms with E-state index in [9.17, 15) is 18.0 Å². The van der Waals surface area contributed by atoms with Crippen molar-refractivity contribution in [2.45, 2.75) is 19.0 Å². The number of hydrogen-bond acceptors (Lipinski definition) is 2. The second kappa shape index (κ2) is 4.88. The second-order valence-corrected chi connectivity index (χ2v) is 4.20. The van der Waals surface area contributed by atoms with Crippen LogP contribution in [0.25, 0.3) is 0 Å². The van der Waals surface area contributed by atoms with Crippen LogP contribution >= 0.6 is 0 Å². The number of rotatable bonds is 2. The SMILES string of the molecule is O=C(NCC(F)(F)F)c1ccc2c(c1)CCCN2. The smallest absolute Gasteiger partial charge is 0.385 e. The number of nitrogens with one attached hydrogen (secondary N) is 2. The topological polar surface area (TPSA) is 41.1 Å². The molecule has 0 fully saturated rings. The summed E-state index contributed by atoms with van der Waals surface area (Å²) in [6, 6.07) is 4.91. The van der Waals surface area contributed by atoms with Gasteiger partial charge in [0.25, 0.3) is 5.91 Å². The highest BCUT2D eigenvalue weighted by atomic mass is 19.4. The minimum Gasteiger partial charge on any atom is -0.385 e. The summed E-state index contributed by atoms with van der Waals surface area (Å²) in [4.78, 5) is 11.5. The molecule has 0 bridgehead atoms. The summed E-state index contributed by atoms with van der Waals surface area (Å²) in [6.45, 7) is -0.423. The van der Waals surface area contributed by atoms with Gasteiger partial charge in [0, 0.05) is 17.8 Å². The number of fused-ring (bicyclic) bond motifs is 1. The van der Waals surface area contributed by atoms with E-state index in [1.807, 2.05) is 5.32 Å². The zero-order valence-electron chi connectivity index (χ0n) is 9.60. The Morgan fingerprint density at radius 1 is 1.39 bits per heavy atom. The Balaban J connectivity index is 2.07. The molecule has 1 amide bonds. The summed E-state index contributed by atoms with van der Waals surface area (Å²) in [6.07, 6.45) is -2.59. The molecule has 6 heteroatoms.